The van der Waals surface area contributed by atoms with Crippen LogP contribution >= 0.6 is 0 Å². The number of benzene rings is 1. The van der Waals surface area contributed by atoms with E-state index in [1.165, 1.54) is 19.0 Å². The number of allylic oxidation sites excluding steroid dienone is 1. The van der Waals surface area contributed by atoms with Crippen LogP contribution in [0.5, 0.6) is 5.75 Å². The van der Waals surface area contributed by atoms with Crippen molar-refractivity contribution in [2.24, 2.45) is 17.6 Å². The number of phenols is 1. The number of aliphatic hydroxyl groups is 3. The fourth-order valence-electron chi connectivity index (χ4n) is 7.16. The third-order valence-corrected chi connectivity index (χ3v) is 8.69. The van der Waals surface area contributed by atoms with Gasteiger partial charge in [0.15, 0.2) is 11.4 Å². The quantitative estimate of drug-likeness (QED) is 0.343. The van der Waals surface area contributed by atoms with Crippen molar-refractivity contribution < 1.29 is 48.0 Å². The predicted octanol–water partition coefficient (Wildman–Crippen LogP) is 1.86. The van der Waals surface area contributed by atoms with Crippen LogP contribution in [0.3, 0.4) is 0 Å². The largest absolute Gasteiger partial charge is 0.510 e. The third kappa shape index (κ3) is 3.63. The molecule has 1 heterocycles. The molecule has 0 fully saturated rings. The zero-order chi connectivity index (χ0) is 29.6. The number of likely N-dealkylation sites (N-methyl/N-ethyl adjacent to an activating group) is 1. The van der Waals surface area contributed by atoms with Crippen molar-refractivity contribution in [3.05, 3.63) is 50.5 Å². The second kappa shape index (κ2) is 9.05. The number of carbonyl (C=O) groups is 3. The lowest BCUT2D eigenvalue weighted by molar-refractivity contribution is -0.148. The first kappa shape index (κ1) is 28.1. The highest BCUT2D eigenvalue weighted by atomic mass is 19.4. The van der Waals surface area contributed by atoms with Gasteiger partial charge in [0.2, 0.25) is 5.78 Å². The molecule has 5 rings (SSSR count). The summed E-state index contributed by atoms with van der Waals surface area (Å²) in [5, 5.41) is 44.9. The van der Waals surface area contributed by atoms with Gasteiger partial charge in [-0.3, -0.25) is 24.2 Å². The van der Waals surface area contributed by atoms with Crippen LogP contribution in [0, 0.1) is 11.8 Å². The van der Waals surface area contributed by atoms with Crippen molar-refractivity contribution >= 4 is 17.5 Å². The van der Waals surface area contributed by atoms with E-state index >= 15 is 0 Å². The molecule has 0 unspecified atom stereocenters. The Kier molecular flexibility index (Phi) is 6.36. The summed E-state index contributed by atoms with van der Waals surface area (Å²) in [5.41, 5.74) is -1.14. The standard InChI is InChI=1S/C27H30F3N3O7/c1-4-5-33-8-12-13(9-33)20(34)16-11(18(12)27(28,29)30)6-10-7-14-19(32(2)3)22(36)17(25(31)39)24(38)26(14,40)23(37)15(10)21(16)35/h10,14,19,34,36-37,40H,4-9H2,1-3H3,(H2,31,39)/t10-,14-,19-,26-/m0/s1. The number of amides is 1. The number of alkyl halides is 3. The van der Waals surface area contributed by atoms with Crippen LogP contribution in [0.1, 0.15) is 52.4 Å². The average Bonchev–Trinajstić information content (AvgIpc) is 3.24. The molecular weight excluding hydrogens is 535 g/mol. The normalized spacial score (nSPS) is 28.6. The summed E-state index contributed by atoms with van der Waals surface area (Å²) in [4.78, 5) is 42.4. The minimum absolute atomic E-state index is 0.00579. The van der Waals surface area contributed by atoms with Gasteiger partial charge in [-0.15, -0.1) is 0 Å². The van der Waals surface area contributed by atoms with Crippen molar-refractivity contribution in [3.8, 4) is 5.75 Å². The molecule has 13 heteroatoms. The summed E-state index contributed by atoms with van der Waals surface area (Å²) in [5.74, 6) is -8.80. The van der Waals surface area contributed by atoms with E-state index in [9.17, 15) is 48.0 Å². The molecule has 6 N–H and O–H groups in total. The summed E-state index contributed by atoms with van der Waals surface area (Å²) in [6.07, 6.45) is -4.90. The van der Waals surface area contributed by atoms with Crippen molar-refractivity contribution in [1.82, 2.24) is 9.80 Å². The van der Waals surface area contributed by atoms with E-state index in [-0.39, 0.29) is 30.6 Å². The molecule has 216 valence electrons. The van der Waals surface area contributed by atoms with E-state index in [0.29, 0.717) is 13.0 Å². The average molecular weight is 566 g/mol. The molecule has 0 saturated heterocycles. The number of primary amides is 1. The van der Waals surface area contributed by atoms with Crippen LogP contribution in [0.2, 0.25) is 0 Å². The number of hydrogen-bond acceptors (Lipinski definition) is 9. The number of aromatic hydroxyl groups is 1. The summed E-state index contributed by atoms with van der Waals surface area (Å²) >= 11 is 0. The van der Waals surface area contributed by atoms with E-state index in [4.69, 9.17) is 5.73 Å². The molecule has 10 nitrogen and oxygen atoms in total. The van der Waals surface area contributed by atoms with Gasteiger partial charge in [0.25, 0.3) is 5.91 Å². The lowest BCUT2D eigenvalue weighted by atomic mass is 9.58. The third-order valence-electron chi connectivity index (χ3n) is 8.69. The molecule has 0 radical (unpaired) electrons. The number of ketones is 2. The minimum Gasteiger partial charge on any atom is -0.510 e. The number of phenolic OH excluding ortho intramolecular Hbond substituents is 1. The SMILES string of the molecule is CCCN1Cc2c(O)c3c(c(C(F)(F)F)c2C1)C[C@H]1C[C@H]2[C@H](N(C)C)C(O)=C(C(N)=O)C(=O)[C@@]2(O)C(O)=C1C3=O. The molecule has 40 heavy (non-hydrogen) atoms. The maximum atomic E-state index is 14.6. The van der Waals surface area contributed by atoms with Crippen molar-refractivity contribution in [2.75, 3.05) is 20.6 Å². The Bertz CT molecular complexity index is 1430. The van der Waals surface area contributed by atoms with Crippen LogP contribution in [0.4, 0.5) is 13.2 Å². The number of fused-ring (bicyclic) bond motifs is 4. The Balaban J connectivity index is 1.75. The maximum Gasteiger partial charge on any atom is 0.417 e. The van der Waals surface area contributed by atoms with Gasteiger partial charge in [-0.1, -0.05) is 6.92 Å². The molecule has 0 bridgehead atoms. The number of carbonyl (C=O) groups excluding carboxylic acids is 3. The number of aliphatic hydroxyl groups excluding tert-OH is 2. The van der Waals surface area contributed by atoms with Gasteiger partial charge in [0, 0.05) is 30.1 Å². The topological polar surface area (TPSA) is 165 Å². The molecule has 0 saturated carbocycles. The maximum absolute atomic E-state index is 14.6. The molecule has 1 aromatic carbocycles. The Morgan fingerprint density at radius 1 is 1.12 bits per heavy atom. The minimum atomic E-state index is -4.85. The zero-order valence-electron chi connectivity index (χ0n) is 22.1. The number of Topliss-reactive ketones (excluding diaryl/α,β-unsaturated/α-hetero) is 2. The van der Waals surface area contributed by atoms with E-state index < -0.39 is 98.7 Å². The van der Waals surface area contributed by atoms with Crippen LogP contribution in [-0.4, -0.2) is 80.0 Å². The molecule has 1 amide bonds. The summed E-state index contributed by atoms with van der Waals surface area (Å²) < 4.78 is 43.7. The van der Waals surface area contributed by atoms with Crippen molar-refractivity contribution in [1.29, 1.82) is 0 Å². The molecular formula is C27H30F3N3O7. The van der Waals surface area contributed by atoms with Crippen molar-refractivity contribution in [2.45, 2.75) is 57.1 Å². The molecule has 0 spiro atoms. The number of rotatable bonds is 4. The highest BCUT2D eigenvalue weighted by molar-refractivity contribution is 6.24. The van der Waals surface area contributed by atoms with E-state index in [1.807, 2.05) is 6.92 Å². The summed E-state index contributed by atoms with van der Waals surface area (Å²) in [6.45, 7) is 2.28. The second-order valence-electron chi connectivity index (χ2n) is 11.2. The number of nitrogens with two attached hydrogens (primary N) is 1. The molecule has 4 aliphatic rings. The Labute approximate surface area is 227 Å². The van der Waals surface area contributed by atoms with E-state index in [0.717, 1.165) is 0 Å². The fourth-order valence-corrected chi connectivity index (χ4v) is 7.16. The monoisotopic (exact) mass is 565 g/mol. The van der Waals surface area contributed by atoms with Gasteiger partial charge in [-0.05, 0) is 56.9 Å². The molecule has 1 aromatic rings. The van der Waals surface area contributed by atoms with Crippen LogP contribution in [-0.2, 0) is 35.3 Å². The Morgan fingerprint density at radius 3 is 2.30 bits per heavy atom. The smallest absolute Gasteiger partial charge is 0.417 e. The summed E-state index contributed by atoms with van der Waals surface area (Å²) in [6, 6.07) is -1.23. The summed E-state index contributed by atoms with van der Waals surface area (Å²) in [7, 11) is 2.94. The van der Waals surface area contributed by atoms with Crippen LogP contribution in [0.15, 0.2) is 22.7 Å². The van der Waals surface area contributed by atoms with Gasteiger partial charge in [-0.2, -0.15) is 13.2 Å². The molecule has 1 aliphatic heterocycles. The van der Waals surface area contributed by atoms with Gasteiger partial charge >= 0.3 is 6.18 Å². The first-order valence-electron chi connectivity index (χ1n) is 12.9. The van der Waals surface area contributed by atoms with Crippen LogP contribution in [0.25, 0.3) is 0 Å². The first-order valence-corrected chi connectivity index (χ1v) is 12.9. The Morgan fingerprint density at radius 2 is 1.75 bits per heavy atom. The highest BCUT2D eigenvalue weighted by Crippen LogP contribution is 2.55. The first-order chi connectivity index (χ1) is 18.6. The molecule has 0 aromatic heterocycles. The number of nitrogens with zero attached hydrogens (tertiary/aromatic N) is 2. The number of halogens is 3. The van der Waals surface area contributed by atoms with Gasteiger partial charge in [0.05, 0.1) is 17.2 Å². The van der Waals surface area contributed by atoms with E-state index in [2.05, 4.69) is 0 Å². The predicted molar refractivity (Wildman–Crippen MR) is 133 cm³/mol. The van der Waals surface area contributed by atoms with Crippen LogP contribution < -0.4 is 5.73 Å². The van der Waals surface area contributed by atoms with Gasteiger partial charge in [0.1, 0.15) is 22.8 Å². The fraction of sp³-hybridized carbons (Fsp3) is 0.519. The Hall–Kier alpha value is -3.42. The second-order valence-corrected chi connectivity index (χ2v) is 11.2. The van der Waals surface area contributed by atoms with Crippen molar-refractivity contribution in [3.63, 3.8) is 0 Å². The van der Waals surface area contributed by atoms with Gasteiger partial charge < -0.3 is 26.2 Å². The highest BCUT2D eigenvalue weighted by Gasteiger charge is 2.63. The zero-order valence-corrected chi connectivity index (χ0v) is 22.1. The van der Waals surface area contributed by atoms with Gasteiger partial charge in [-0.25, -0.2) is 0 Å². The lowest BCUT2D eigenvalue weighted by Gasteiger charge is -2.50. The number of hydrogen-bond donors (Lipinski definition) is 5. The molecule has 3 aliphatic carbocycles. The van der Waals surface area contributed by atoms with E-state index in [1.54, 1.807) is 4.90 Å². The molecule has 4 atom stereocenters. The lowest BCUT2D eigenvalue weighted by Crippen LogP contribution is -2.63.